The predicted octanol–water partition coefficient (Wildman–Crippen LogP) is 3.74. The molecule has 2 N–H and O–H groups in total. The number of amides is 2. The highest BCUT2D eigenvalue weighted by molar-refractivity contribution is 6.09. The quantitative estimate of drug-likeness (QED) is 0.370. The van der Waals surface area contributed by atoms with E-state index >= 15 is 0 Å². The third kappa shape index (κ3) is 5.83. The van der Waals surface area contributed by atoms with E-state index in [-0.39, 0.29) is 5.56 Å². The van der Waals surface area contributed by atoms with E-state index in [9.17, 15) is 9.59 Å². The Kier molecular flexibility index (Phi) is 8.07. The Balaban J connectivity index is 1.74. The average molecular weight is 463 g/mol. The molecule has 0 unspecified atom stereocenters. The topological polar surface area (TPSA) is 107 Å². The lowest BCUT2D eigenvalue weighted by Gasteiger charge is -2.12. The molecule has 0 aliphatic carbocycles. The number of hydrogen-bond acceptors (Lipinski definition) is 7. The summed E-state index contributed by atoms with van der Waals surface area (Å²) in [5.41, 5.74) is 4.07. The minimum atomic E-state index is -0.491. The first-order valence-electron chi connectivity index (χ1n) is 10.2. The molecule has 9 nitrogen and oxygen atoms in total. The second kappa shape index (κ2) is 11.4. The molecule has 0 saturated heterocycles. The summed E-state index contributed by atoms with van der Waals surface area (Å²) in [7, 11) is 6.09. The summed E-state index contributed by atoms with van der Waals surface area (Å²) in [5, 5.41) is 6.76. The van der Waals surface area contributed by atoms with Crippen molar-refractivity contribution in [3.05, 3.63) is 77.4 Å². The zero-order valence-electron chi connectivity index (χ0n) is 19.2. The molecule has 3 aromatic carbocycles. The van der Waals surface area contributed by atoms with Gasteiger partial charge in [-0.1, -0.05) is 12.1 Å². The summed E-state index contributed by atoms with van der Waals surface area (Å²) in [4.78, 5) is 25.5. The van der Waals surface area contributed by atoms with Crippen LogP contribution in [-0.4, -0.2) is 46.5 Å². The number of carbonyl (C=O) groups excluding carboxylic acids is 2. The van der Waals surface area contributed by atoms with Gasteiger partial charge in [0.1, 0.15) is 11.5 Å². The van der Waals surface area contributed by atoms with Gasteiger partial charge in [0.25, 0.3) is 11.8 Å². The standard InChI is InChI=1S/C25H25N3O6/c1-31-18-11-16(12-19(14-18)32-2)15-26-28-25(30)20-7-5-6-8-21(20)27-24(29)17-9-10-22(33-3)23(13-17)34-4/h5-15H,1-4H3,(H,27,29)(H,28,30). The van der Waals surface area contributed by atoms with E-state index in [0.717, 1.165) is 0 Å². The summed E-state index contributed by atoms with van der Waals surface area (Å²) in [6.45, 7) is 0. The van der Waals surface area contributed by atoms with E-state index in [4.69, 9.17) is 18.9 Å². The van der Waals surface area contributed by atoms with Crippen molar-refractivity contribution < 1.29 is 28.5 Å². The van der Waals surface area contributed by atoms with Crippen LogP contribution in [0.1, 0.15) is 26.3 Å². The number of para-hydroxylation sites is 1. The van der Waals surface area contributed by atoms with Crippen LogP contribution in [-0.2, 0) is 0 Å². The van der Waals surface area contributed by atoms with E-state index in [1.807, 2.05) is 0 Å². The lowest BCUT2D eigenvalue weighted by Crippen LogP contribution is -2.21. The van der Waals surface area contributed by atoms with Crippen molar-refractivity contribution in [2.45, 2.75) is 0 Å². The van der Waals surface area contributed by atoms with Crippen molar-refractivity contribution in [1.82, 2.24) is 5.43 Å². The minimum absolute atomic E-state index is 0.247. The van der Waals surface area contributed by atoms with Gasteiger partial charge in [0.05, 0.1) is 45.9 Å². The number of methoxy groups -OCH3 is 4. The second-order valence-corrected chi connectivity index (χ2v) is 6.91. The monoisotopic (exact) mass is 463 g/mol. The molecule has 176 valence electrons. The van der Waals surface area contributed by atoms with E-state index < -0.39 is 11.8 Å². The number of anilines is 1. The maximum Gasteiger partial charge on any atom is 0.273 e. The molecule has 2 amide bonds. The third-order valence-corrected chi connectivity index (χ3v) is 4.82. The zero-order chi connectivity index (χ0) is 24.5. The van der Waals surface area contributed by atoms with Gasteiger partial charge >= 0.3 is 0 Å². The molecule has 3 aromatic rings. The van der Waals surface area contributed by atoms with Gasteiger partial charge in [0, 0.05) is 17.2 Å². The number of ether oxygens (including phenoxy) is 4. The first-order valence-corrected chi connectivity index (χ1v) is 10.2. The summed E-state index contributed by atoms with van der Waals surface area (Å²) >= 11 is 0. The van der Waals surface area contributed by atoms with E-state index in [1.54, 1.807) is 74.9 Å². The average Bonchev–Trinajstić information content (AvgIpc) is 2.88. The van der Waals surface area contributed by atoms with Crippen LogP contribution >= 0.6 is 0 Å². The molecular formula is C25H25N3O6. The van der Waals surface area contributed by atoms with Crippen molar-refractivity contribution in [3.63, 3.8) is 0 Å². The number of nitrogens with one attached hydrogen (secondary N) is 2. The molecule has 0 spiro atoms. The third-order valence-electron chi connectivity index (χ3n) is 4.82. The van der Waals surface area contributed by atoms with Gasteiger partial charge in [-0.15, -0.1) is 0 Å². The zero-order valence-corrected chi connectivity index (χ0v) is 19.2. The van der Waals surface area contributed by atoms with Crippen LogP contribution in [0.5, 0.6) is 23.0 Å². The summed E-state index contributed by atoms with van der Waals surface area (Å²) in [6, 6.07) is 16.6. The summed E-state index contributed by atoms with van der Waals surface area (Å²) in [6.07, 6.45) is 1.47. The molecule has 0 radical (unpaired) electrons. The second-order valence-electron chi connectivity index (χ2n) is 6.91. The maximum absolute atomic E-state index is 12.8. The van der Waals surface area contributed by atoms with Crippen LogP contribution in [0.3, 0.4) is 0 Å². The van der Waals surface area contributed by atoms with Crippen LogP contribution in [0, 0.1) is 0 Å². The summed E-state index contributed by atoms with van der Waals surface area (Å²) in [5.74, 6) is 1.21. The molecule has 0 aromatic heterocycles. The fraction of sp³-hybridized carbons (Fsp3) is 0.160. The van der Waals surface area contributed by atoms with Gasteiger partial charge in [-0.25, -0.2) is 5.43 Å². The Morgan fingerprint density at radius 2 is 1.44 bits per heavy atom. The highest BCUT2D eigenvalue weighted by Gasteiger charge is 2.15. The van der Waals surface area contributed by atoms with Gasteiger partial charge in [-0.2, -0.15) is 5.10 Å². The number of benzene rings is 3. The van der Waals surface area contributed by atoms with Gasteiger partial charge in [0.15, 0.2) is 11.5 Å². The highest BCUT2D eigenvalue weighted by atomic mass is 16.5. The normalized spacial score (nSPS) is 10.5. The number of hydrazone groups is 1. The molecule has 9 heteroatoms. The molecular weight excluding hydrogens is 438 g/mol. The Morgan fingerprint density at radius 3 is 2.09 bits per heavy atom. The SMILES string of the molecule is COc1cc(C=NNC(=O)c2ccccc2NC(=O)c2ccc(OC)c(OC)c2)cc(OC)c1. The molecule has 0 bridgehead atoms. The van der Waals surface area contributed by atoms with E-state index in [0.29, 0.717) is 39.8 Å². The van der Waals surface area contributed by atoms with Crippen molar-refractivity contribution in [1.29, 1.82) is 0 Å². The van der Waals surface area contributed by atoms with Crippen molar-refractivity contribution in [2.75, 3.05) is 33.8 Å². The number of hydrogen-bond donors (Lipinski definition) is 2. The molecule has 0 saturated carbocycles. The van der Waals surface area contributed by atoms with Crippen LogP contribution in [0.4, 0.5) is 5.69 Å². The van der Waals surface area contributed by atoms with Crippen LogP contribution < -0.4 is 29.7 Å². The van der Waals surface area contributed by atoms with Crippen LogP contribution in [0.2, 0.25) is 0 Å². The van der Waals surface area contributed by atoms with Gasteiger partial charge in [-0.3, -0.25) is 9.59 Å². The van der Waals surface area contributed by atoms with E-state index in [1.165, 1.54) is 20.4 Å². The van der Waals surface area contributed by atoms with Crippen molar-refractivity contribution in [2.24, 2.45) is 5.10 Å². The molecule has 0 atom stereocenters. The van der Waals surface area contributed by atoms with Gasteiger partial charge in [0.2, 0.25) is 0 Å². The van der Waals surface area contributed by atoms with Gasteiger partial charge in [-0.05, 0) is 42.5 Å². The molecule has 34 heavy (non-hydrogen) atoms. The first kappa shape index (κ1) is 24.1. The lowest BCUT2D eigenvalue weighted by molar-refractivity contribution is 0.0956. The Labute approximate surface area is 197 Å². The predicted molar refractivity (Wildman–Crippen MR) is 129 cm³/mol. The minimum Gasteiger partial charge on any atom is -0.497 e. The number of rotatable bonds is 9. The van der Waals surface area contributed by atoms with Crippen molar-refractivity contribution in [3.8, 4) is 23.0 Å². The number of nitrogens with zero attached hydrogens (tertiary/aromatic N) is 1. The van der Waals surface area contributed by atoms with Gasteiger partial charge < -0.3 is 24.3 Å². The Hall–Kier alpha value is -4.53. The fourth-order valence-electron chi connectivity index (χ4n) is 3.09. The Bertz CT molecular complexity index is 1190. The van der Waals surface area contributed by atoms with Crippen LogP contribution in [0.25, 0.3) is 0 Å². The highest BCUT2D eigenvalue weighted by Crippen LogP contribution is 2.28. The maximum atomic E-state index is 12.8. The van der Waals surface area contributed by atoms with E-state index in [2.05, 4.69) is 15.8 Å². The largest absolute Gasteiger partial charge is 0.497 e. The van der Waals surface area contributed by atoms with Crippen LogP contribution in [0.15, 0.2) is 65.8 Å². The lowest BCUT2D eigenvalue weighted by atomic mass is 10.1. The Morgan fingerprint density at radius 1 is 0.765 bits per heavy atom. The smallest absolute Gasteiger partial charge is 0.273 e. The number of carbonyl (C=O) groups is 2. The first-order chi connectivity index (χ1) is 16.5. The molecule has 3 rings (SSSR count). The molecule has 0 fully saturated rings. The summed E-state index contributed by atoms with van der Waals surface area (Å²) < 4.78 is 20.9. The van der Waals surface area contributed by atoms with Crippen molar-refractivity contribution >= 4 is 23.7 Å². The molecule has 0 aliphatic rings. The fourth-order valence-corrected chi connectivity index (χ4v) is 3.09. The molecule has 0 aliphatic heterocycles. The molecule has 0 heterocycles.